The summed E-state index contributed by atoms with van der Waals surface area (Å²) in [7, 11) is 0. The van der Waals surface area contributed by atoms with Gasteiger partial charge in [-0.05, 0) is 31.4 Å². The molecular weight excluding hydrogens is 244 g/mol. The van der Waals surface area contributed by atoms with Gasteiger partial charge in [0.1, 0.15) is 0 Å². The Morgan fingerprint density at radius 3 is 2.56 bits per heavy atom. The lowest BCUT2D eigenvalue weighted by Gasteiger charge is -2.26. The SMILES string of the molecule is CCSC1CCCC1NC(=O)N1CCCCCC1. The van der Waals surface area contributed by atoms with Crippen LogP contribution in [0.2, 0.25) is 0 Å². The Morgan fingerprint density at radius 1 is 1.17 bits per heavy atom. The lowest BCUT2D eigenvalue weighted by molar-refractivity contribution is 0.196. The first kappa shape index (κ1) is 14.0. The van der Waals surface area contributed by atoms with Gasteiger partial charge in [-0.2, -0.15) is 11.8 Å². The van der Waals surface area contributed by atoms with Crippen LogP contribution in [0.15, 0.2) is 0 Å². The third-order valence-electron chi connectivity index (χ3n) is 4.04. The zero-order valence-electron chi connectivity index (χ0n) is 11.5. The number of rotatable bonds is 3. The smallest absolute Gasteiger partial charge is 0.317 e. The van der Waals surface area contributed by atoms with E-state index in [2.05, 4.69) is 12.2 Å². The fraction of sp³-hybridized carbons (Fsp3) is 0.929. The Hall–Kier alpha value is -0.380. The second kappa shape index (κ2) is 7.27. The molecule has 104 valence electrons. The molecule has 1 saturated carbocycles. The highest BCUT2D eigenvalue weighted by atomic mass is 32.2. The molecule has 1 heterocycles. The van der Waals surface area contributed by atoms with Crippen LogP contribution in [-0.4, -0.2) is 41.1 Å². The summed E-state index contributed by atoms with van der Waals surface area (Å²) < 4.78 is 0. The van der Waals surface area contributed by atoms with E-state index < -0.39 is 0 Å². The van der Waals surface area contributed by atoms with Gasteiger partial charge in [0, 0.05) is 24.4 Å². The minimum absolute atomic E-state index is 0.186. The molecule has 0 spiro atoms. The van der Waals surface area contributed by atoms with E-state index in [4.69, 9.17) is 0 Å². The maximum absolute atomic E-state index is 12.3. The van der Waals surface area contributed by atoms with Crippen molar-refractivity contribution < 1.29 is 4.79 Å². The Labute approximate surface area is 115 Å². The van der Waals surface area contributed by atoms with Crippen LogP contribution in [0.25, 0.3) is 0 Å². The number of thioether (sulfide) groups is 1. The molecule has 3 nitrogen and oxygen atoms in total. The van der Waals surface area contributed by atoms with Crippen LogP contribution >= 0.6 is 11.8 Å². The van der Waals surface area contributed by atoms with Crippen LogP contribution in [0.1, 0.15) is 51.9 Å². The van der Waals surface area contributed by atoms with Gasteiger partial charge < -0.3 is 10.2 Å². The molecular formula is C14H26N2OS. The molecule has 4 heteroatoms. The molecule has 1 aliphatic carbocycles. The first-order valence-electron chi connectivity index (χ1n) is 7.48. The minimum atomic E-state index is 0.186. The van der Waals surface area contributed by atoms with Crippen LogP contribution in [0.5, 0.6) is 0 Å². The van der Waals surface area contributed by atoms with E-state index in [1.54, 1.807) is 0 Å². The van der Waals surface area contributed by atoms with E-state index in [1.807, 2.05) is 16.7 Å². The molecule has 1 aliphatic heterocycles. The summed E-state index contributed by atoms with van der Waals surface area (Å²) in [5.41, 5.74) is 0. The van der Waals surface area contributed by atoms with Gasteiger partial charge >= 0.3 is 6.03 Å². The van der Waals surface area contributed by atoms with Crippen molar-refractivity contribution in [2.45, 2.75) is 63.2 Å². The molecule has 1 N–H and O–H groups in total. The summed E-state index contributed by atoms with van der Waals surface area (Å²) in [6, 6.07) is 0.594. The van der Waals surface area contributed by atoms with Crippen molar-refractivity contribution in [2.75, 3.05) is 18.8 Å². The van der Waals surface area contributed by atoms with Gasteiger partial charge in [0.05, 0.1) is 0 Å². The highest BCUT2D eigenvalue weighted by Crippen LogP contribution is 2.30. The molecule has 1 saturated heterocycles. The molecule has 2 amide bonds. The molecule has 0 bridgehead atoms. The number of hydrogen-bond donors (Lipinski definition) is 1. The largest absolute Gasteiger partial charge is 0.334 e. The topological polar surface area (TPSA) is 32.3 Å². The standard InChI is InChI=1S/C14H26N2OS/c1-2-18-13-9-7-8-12(13)15-14(17)16-10-5-3-4-6-11-16/h12-13H,2-11H2,1H3,(H,15,17). The fourth-order valence-corrected chi connectivity index (χ4v) is 4.23. The van der Waals surface area contributed by atoms with Crippen molar-refractivity contribution in [3.8, 4) is 0 Å². The number of urea groups is 1. The Bertz CT molecular complexity index is 265. The van der Waals surface area contributed by atoms with Crippen molar-refractivity contribution in [2.24, 2.45) is 0 Å². The zero-order valence-corrected chi connectivity index (χ0v) is 12.3. The third-order valence-corrected chi connectivity index (χ3v) is 5.36. The number of carbonyl (C=O) groups excluding carboxylic acids is 1. The number of amides is 2. The molecule has 0 aromatic carbocycles. The van der Waals surface area contributed by atoms with Gasteiger partial charge in [-0.15, -0.1) is 0 Å². The molecule has 0 radical (unpaired) electrons. The summed E-state index contributed by atoms with van der Waals surface area (Å²) in [6.45, 7) is 4.10. The van der Waals surface area contributed by atoms with Crippen LogP contribution in [-0.2, 0) is 0 Å². The van der Waals surface area contributed by atoms with Gasteiger partial charge in [-0.25, -0.2) is 4.79 Å². The maximum atomic E-state index is 12.3. The van der Waals surface area contributed by atoms with Gasteiger partial charge in [-0.1, -0.05) is 26.2 Å². The van der Waals surface area contributed by atoms with Crippen molar-refractivity contribution in [3.05, 3.63) is 0 Å². The van der Waals surface area contributed by atoms with Gasteiger partial charge in [0.2, 0.25) is 0 Å². The van der Waals surface area contributed by atoms with Crippen LogP contribution in [0.3, 0.4) is 0 Å². The molecule has 18 heavy (non-hydrogen) atoms. The van der Waals surface area contributed by atoms with E-state index in [0.29, 0.717) is 11.3 Å². The normalized spacial score (nSPS) is 29.1. The molecule has 2 fully saturated rings. The average Bonchev–Trinajstić information content (AvgIpc) is 2.66. The van der Waals surface area contributed by atoms with E-state index in [0.717, 1.165) is 25.3 Å². The van der Waals surface area contributed by atoms with Gasteiger partial charge in [0.25, 0.3) is 0 Å². The second-order valence-corrected chi connectivity index (χ2v) is 6.90. The summed E-state index contributed by atoms with van der Waals surface area (Å²) in [4.78, 5) is 14.3. The Balaban J connectivity index is 1.81. The number of carbonyl (C=O) groups is 1. The number of nitrogens with one attached hydrogen (secondary N) is 1. The lowest BCUT2D eigenvalue weighted by Crippen LogP contribution is -2.47. The summed E-state index contributed by atoms with van der Waals surface area (Å²) in [5, 5.41) is 3.92. The zero-order chi connectivity index (χ0) is 12.8. The minimum Gasteiger partial charge on any atom is -0.334 e. The number of likely N-dealkylation sites (tertiary alicyclic amines) is 1. The monoisotopic (exact) mass is 270 g/mol. The first-order chi connectivity index (χ1) is 8.81. The number of nitrogens with zero attached hydrogens (tertiary/aromatic N) is 1. The quantitative estimate of drug-likeness (QED) is 0.854. The van der Waals surface area contributed by atoms with Crippen molar-refractivity contribution in [1.82, 2.24) is 10.2 Å². The van der Waals surface area contributed by atoms with Gasteiger partial charge in [0.15, 0.2) is 0 Å². The molecule has 0 aromatic heterocycles. The predicted octanol–water partition coefficient (Wildman–Crippen LogP) is 3.25. The van der Waals surface area contributed by atoms with E-state index in [1.165, 1.54) is 38.5 Å². The van der Waals surface area contributed by atoms with Crippen LogP contribution < -0.4 is 5.32 Å². The predicted molar refractivity (Wildman–Crippen MR) is 78.1 cm³/mol. The van der Waals surface area contributed by atoms with Crippen LogP contribution in [0.4, 0.5) is 4.79 Å². The third kappa shape index (κ3) is 3.81. The molecule has 2 rings (SSSR count). The molecule has 0 aromatic rings. The van der Waals surface area contributed by atoms with E-state index in [-0.39, 0.29) is 6.03 Å². The summed E-state index contributed by atoms with van der Waals surface area (Å²) in [5.74, 6) is 1.15. The highest BCUT2D eigenvalue weighted by Gasteiger charge is 2.29. The van der Waals surface area contributed by atoms with Crippen molar-refractivity contribution in [3.63, 3.8) is 0 Å². The van der Waals surface area contributed by atoms with Crippen molar-refractivity contribution >= 4 is 17.8 Å². The number of hydrogen-bond acceptors (Lipinski definition) is 2. The Morgan fingerprint density at radius 2 is 1.89 bits per heavy atom. The average molecular weight is 270 g/mol. The summed E-state index contributed by atoms with van der Waals surface area (Å²) in [6.07, 6.45) is 8.60. The highest BCUT2D eigenvalue weighted by molar-refractivity contribution is 7.99. The summed E-state index contributed by atoms with van der Waals surface area (Å²) >= 11 is 2.01. The first-order valence-corrected chi connectivity index (χ1v) is 8.53. The van der Waals surface area contributed by atoms with E-state index in [9.17, 15) is 4.79 Å². The lowest BCUT2D eigenvalue weighted by atomic mass is 10.2. The second-order valence-electron chi connectivity index (χ2n) is 5.38. The van der Waals surface area contributed by atoms with Gasteiger partial charge in [-0.3, -0.25) is 0 Å². The van der Waals surface area contributed by atoms with Crippen LogP contribution in [0, 0.1) is 0 Å². The molecule has 2 unspecified atom stereocenters. The molecule has 2 atom stereocenters. The Kier molecular flexibility index (Phi) is 5.67. The molecule has 2 aliphatic rings. The van der Waals surface area contributed by atoms with E-state index >= 15 is 0 Å². The fourth-order valence-electron chi connectivity index (χ4n) is 3.03. The van der Waals surface area contributed by atoms with Crippen molar-refractivity contribution in [1.29, 1.82) is 0 Å². The maximum Gasteiger partial charge on any atom is 0.317 e.